The number of amides is 3. The molecular weight excluding hydrogens is 284 g/mol. The lowest BCUT2D eigenvalue weighted by atomic mass is 10.2. The van der Waals surface area contributed by atoms with Gasteiger partial charge in [-0.25, -0.2) is 9.48 Å². The highest BCUT2D eigenvalue weighted by molar-refractivity contribution is 7.99. The molecule has 1 fully saturated rings. The highest BCUT2D eigenvalue weighted by atomic mass is 32.2. The van der Waals surface area contributed by atoms with Crippen molar-refractivity contribution < 1.29 is 14.3 Å². The van der Waals surface area contributed by atoms with E-state index < -0.39 is 11.9 Å². The standard InChI is InChI=1S/C10H16N6O3S/c1-11-9(18)12-8(17)6-20-10-13-14-15-16(10)5-7-3-2-4-19-7/h7H,2-6H2,1H3,(H2,11,12,17,18)/t7-/m1/s1. The first-order valence-electron chi connectivity index (χ1n) is 6.21. The molecule has 1 aliphatic rings. The third kappa shape index (κ3) is 4.17. The Kier molecular flexibility index (Phi) is 5.30. The quantitative estimate of drug-likeness (QED) is 0.698. The average molecular weight is 300 g/mol. The molecule has 0 aliphatic carbocycles. The second kappa shape index (κ2) is 7.20. The van der Waals surface area contributed by atoms with Crippen LogP contribution in [0.4, 0.5) is 4.79 Å². The summed E-state index contributed by atoms with van der Waals surface area (Å²) < 4.78 is 7.14. The zero-order valence-corrected chi connectivity index (χ0v) is 11.9. The van der Waals surface area contributed by atoms with Gasteiger partial charge >= 0.3 is 6.03 Å². The fourth-order valence-electron chi connectivity index (χ4n) is 1.75. The molecule has 9 nitrogen and oxygen atoms in total. The number of aromatic nitrogens is 4. The maximum absolute atomic E-state index is 11.5. The first kappa shape index (κ1) is 14.7. The Morgan fingerprint density at radius 2 is 2.40 bits per heavy atom. The van der Waals surface area contributed by atoms with Crippen LogP contribution in [0, 0.1) is 0 Å². The van der Waals surface area contributed by atoms with Gasteiger partial charge in [0.15, 0.2) is 0 Å². The van der Waals surface area contributed by atoms with Gasteiger partial charge in [0.2, 0.25) is 11.1 Å². The molecule has 2 rings (SSSR count). The molecule has 1 atom stereocenters. The third-order valence-electron chi connectivity index (χ3n) is 2.71. The number of tetrazole rings is 1. The molecule has 0 radical (unpaired) electrons. The molecule has 0 saturated carbocycles. The van der Waals surface area contributed by atoms with Crippen molar-refractivity contribution in [2.45, 2.75) is 30.6 Å². The Bertz CT molecular complexity index is 473. The molecule has 1 aliphatic heterocycles. The van der Waals surface area contributed by atoms with Crippen LogP contribution in [-0.2, 0) is 16.1 Å². The highest BCUT2D eigenvalue weighted by Crippen LogP contribution is 2.18. The fraction of sp³-hybridized carbons (Fsp3) is 0.700. The van der Waals surface area contributed by atoms with Crippen molar-refractivity contribution in [3.63, 3.8) is 0 Å². The predicted molar refractivity (Wildman–Crippen MR) is 70.1 cm³/mol. The Morgan fingerprint density at radius 3 is 3.10 bits per heavy atom. The lowest BCUT2D eigenvalue weighted by Gasteiger charge is -2.09. The van der Waals surface area contributed by atoms with Crippen molar-refractivity contribution in [1.29, 1.82) is 0 Å². The number of nitrogens with zero attached hydrogens (tertiary/aromatic N) is 4. The number of carbonyl (C=O) groups is 2. The van der Waals surface area contributed by atoms with E-state index in [0.29, 0.717) is 11.7 Å². The number of urea groups is 1. The van der Waals surface area contributed by atoms with Crippen molar-refractivity contribution >= 4 is 23.7 Å². The van der Waals surface area contributed by atoms with Crippen molar-refractivity contribution in [3.8, 4) is 0 Å². The van der Waals surface area contributed by atoms with Crippen LogP contribution in [0.2, 0.25) is 0 Å². The van der Waals surface area contributed by atoms with Gasteiger partial charge in [0.05, 0.1) is 18.4 Å². The normalized spacial score (nSPS) is 17.9. The number of rotatable bonds is 5. The summed E-state index contributed by atoms with van der Waals surface area (Å²) in [5.41, 5.74) is 0. The van der Waals surface area contributed by atoms with Gasteiger partial charge in [-0.15, -0.1) is 5.10 Å². The summed E-state index contributed by atoms with van der Waals surface area (Å²) in [5, 5.41) is 16.3. The minimum absolute atomic E-state index is 0.0688. The minimum Gasteiger partial charge on any atom is -0.376 e. The first-order valence-corrected chi connectivity index (χ1v) is 7.19. The number of carbonyl (C=O) groups excluding carboxylic acids is 2. The van der Waals surface area contributed by atoms with Gasteiger partial charge < -0.3 is 10.1 Å². The number of hydrogen-bond acceptors (Lipinski definition) is 7. The van der Waals surface area contributed by atoms with Crippen molar-refractivity contribution in [1.82, 2.24) is 30.8 Å². The van der Waals surface area contributed by atoms with Gasteiger partial charge in [-0.3, -0.25) is 10.1 Å². The molecule has 20 heavy (non-hydrogen) atoms. The molecule has 1 aromatic rings. The molecule has 0 unspecified atom stereocenters. The van der Waals surface area contributed by atoms with Crippen molar-refractivity contribution in [2.75, 3.05) is 19.4 Å². The third-order valence-corrected chi connectivity index (χ3v) is 3.67. The van der Waals surface area contributed by atoms with Gasteiger partial charge in [-0.05, 0) is 23.3 Å². The van der Waals surface area contributed by atoms with E-state index in [1.807, 2.05) is 0 Å². The van der Waals surface area contributed by atoms with E-state index in [1.165, 1.54) is 18.8 Å². The van der Waals surface area contributed by atoms with Gasteiger partial charge in [-0.2, -0.15) is 0 Å². The largest absolute Gasteiger partial charge is 0.376 e. The van der Waals surface area contributed by atoms with Gasteiger partial charge in [0.1, 0.15) is 0 Å². The number of imide groups is 1. The van der Waals surface area contributed by atoms with Crippen LogP contribution in [0.25, 0.3) is 0 Å². The summed E-state index contributed by atoms with van der Waals surface area (Å²) in [5.74, 6) is -0.333. The second-order valence-electron chi connectivity index (χ2n) is 4.19. The van der Waals surface area contributed by atoms with Crippen LogP contribution in [0.3, 0.4) is 0 Å². The summed E-state index contributed by atoms with van der Waals surface area (Å²) in [6.07, 6.45) is 2.16. The SMILES string of the molecule is CNC(=O)NC(=O)CSc1nnnn1C[C@H]1CCCO1. The van der Waals surface area contributed by atoms with E-state index in [0.717, 1.165) is 19.4 Å². The molecule has 110 valence electrons. The van der Waals surface area contributed by atoms with Crippen LogP contribution in [0.15, 0.2) is 5.16 Å². The Labute approximate surface area is 119 Å². The van der Waals surface area contributed by atoms with Crippen molar-refractivity contribution in [2.24, 2.45) is 0 Å². The molecule has 2 N–H and O–H groups in total. The van der Waals surface area contributed by atoms with Crippen LogP contribution < -0.4 is 10.6 Å². The molecule has 1 aromatic heterocycles. The molecule has 0 bridgehead atoms. The molecule has 0 spiro atoms. The van der Waals surface area contributed by atoms with Crippen LogP contribution in [0.5, 0.6) is 0 Å². The van der Waals surface area contributed by atoms with E-state index in [4.69, 9.17) is 4.74 Å². The number of nitrogens with one attached hydrogen (secondary N) is 2. The van der Waals surface area contributed by atoms with Gasteiger partial charge in [0, 0.05) is 13.7 Å². The molecule has 1 saturated heterocycles. The van der Waals surface area contributed by atoms with E-state index in [2.05, 4.69) is 26.2 Å². The first-order chi connectivity index (χ1) is 9.69. The summed E-state index contributed by atoms with van der Waals surface area (Å²) in [6, 6.07) is -0.533. The topological polar surface area (TPSA) is 111 Å². The monoisotopic (exact) mass is 300 g/mol. The highest BCUT2D eigenvalue weighted by Gasteiger charge is 2.19. The molecule has 3 amide bonds. The zero-order chi connectivity index (χ0) is 14.4. The molecule has 10 heteroatoms. The predicted octanol–water partition coefficient (Wildman–Crippen LogP) is -0.600. The lowest BCUT2D eigenvalue weighted by molar-refractivity contribution is -0.117. The zero-order valence-electron chi connectivity index (χ0n) is 11.0. The van der Waals surface area contributed by atoms with E-state index in [1.54, 1.807) is 4.68 Å². The summed E-state index contributed by atoms with van der Waals surface area (Å²) >= 11 is 1.18. The molecule has 0 aromatic carbocycles. The van der Waals surface area contributed by atoms with Crippen molar-refractivity contribution in [3.05, 3.63) is 0 Å². The Hall–Kier alpha value is -1.68. The summed E-state index contributed by atoms with van der Waals surface area (Å²) in [7, 11) is 1.44. The number of hydrogen-bond donors (Lipinski definition) is 2. The summed E-state index contributed by atoms with van der Waals surface area (Å²) in [4.78, 5) is 22.4. The van der Waals surface area contributed by atoms with Crippen LogP contribution in [-0.4, -0.2) is 57.7 Å². The number of ether oxygens (including phenoxy) is 1. The smallest absolute Gasteiger partial charge is 0.321 e. The van der Waals surface area contributed by atoms with E-state index >= 15 is 0 Å². The van der Waals surface area contributed by atoms with Gasteiger partial charge in [-0.1, -0.05) is 11.8 Å². The van der Waals surface area contributed by atoms with Crippen LogP contribution in [0.1, 0.15) is 12.8 Å². The van der Waals surface area contributed by atoms with E-state index in [9.17, 15) is 9.59 Å². The Balaban J connectivity index is 1.82. The van der Waals surface area contributed by atoms with E-state index in [-0.39, 0.29) is 11.9 Å². The molecular formula is C10H16N6O3S. The Morgan fingerprint density at radius 1 is 1.55 bits per heavy atom. The average Bonchev–Trinajstić information content (AvgIpc) is 3.08. The maximum atomic E-state index is 11.5. The maximum Gasteiger partial charge on any atom is 0.321 e. The minimum atomic E-state index is -0.533. The van der Waals surface area contributed by atoms with Crippen LogP contribution >= 0.6 is 11.8 Å². The number of thioether (sulfide) groups is 1. The lowest BCUT2D eigenvalue weighted by Crippen LogP contribution is -2.38. The summed E-state index contributed by atoms with van der Waals surface area (Å²) in [6.45, 7) is 1.34. The van der Waals surface area contributed by atoms with Gasteiger partial charge in [0.25, 0.3) is 0 Å². The second-order valence-corrected chi connectivity index (χ2v) is 5.14. The molecule has 2 heterocycles. The fourth-order valence-corrected chi connectivity index (χ4v) is 2.44.